The molecule has 0 saturated carbocycles. The van der Waals surface area contributed by atoms with Gasteiger partial charge >= 0.3 is 6.09 Å². The number of carbonyl (C=O) groups is 2. The SMILES string of the molecule is Cc1cc2c(cc1C)N=C(c1cccc(CCCNC(=O)OCc3ccccc3)c1)CC(=O)C2. The van der Waals surface area contributed by atoms with Crippen molar-refractivity contribution in [3.8, 4) is 0 Å². The number of hydrogen-bond acceptors (Lipinski definition) is 4. The molecule has 34 heavy (non-hydrogen) atoms. The molecule has 0 atom stereocenters. The second-order valence-corrected chi connectivity index (χ2v) is 8.81. The van der Waals surface area contributed by atoms with Crippen LogP contribution in [0.4, 0.5) is 10.5 Å². The minimum Gasteiger partial charge on any atom is -0.445 e. The normalized spacial score (nSPS) is 13.0. The number of hydrogen-bond donors (Lipinski definition) is 1. The molecule has 0 unspecified atom stereocenters. The minimum atomic E-state index is -0.409. The lowest BCUT2D eigenvalue weighted by Crippen LogP contribution is -2.25. The zero-order valence-electron chi connectivity index (χ0n) is 19.8. The summed E-state index contributed by atoms with van der Waals surface area (Å²) in [6, 6.07) is 22.0. The Labute approximate surface area is 200 Å². The van der Waals surface area contributed by atoms with E-state index in [2.05, 4.69) is 43.4 Å². The first-order valence-corrected chi connectivity index (χ1v) is 11.7. The number of Topliss-reactive ketones (excluding diaryl/α,β-unsaturated/α-hetero) is 1. The van der Waals surface area contributed by atoms with Crippen LogP contribution in [0.5, 0.6) is 0 Å². The molecule has 5 nitrogen and oxygen atoms in total. The quantitative estimate of drug-likeness (QED) is 0.459. The molecule has 1 aliphatic heterocycles. The highest BCUT2D eigenvalue weighted by Gasteiger charge is 2.18. The second-order valence-electron chi connectivity index (χ2n) is 8.81. The number of rotatable bonds is 7. The largest absolute Gasteiger partial charge is 0.445 e. The molecule has 174 valence electrons. The van der Waals surface area contributed by atoms with Gasteiger partial charge in [0.25, 0.3) is 0 Å². The molecule has 3 aromatic rings. The topological polar surface area (TPSA) is 67.8 Å². The number of nitrogens with zero attached hydrogens (tertiary/aromatic N) is 1. The number of ketones is 1. The Hall–Kier alpha value is -3.73. The number of ether oxygens (including phenoxy) is 1. The summed E-state index contributed by atoms with van der Waals surface area (Å²) in [6.45, 7) is 4.93. The van der Waals surface area contributed by atoms with E-state index < -0.39 is 6.09 Å². The van der Waals surface area contributed by atoms with Crippen LogP contribution in [-0.4, -0.2) is 24.1 Å². The fourth-order valence-corrected chi connectivity index (χ4v) is 4.08. The molecule has 0 saturated heterocycles. The molecule has 0 bridgehead atoms. The van der Waals surface area contributed by atoms with Crippen LogP contribution in [0, 0.1) is 13.8 Å². The van der Waals surface area contributed by atoms with Crippen molar-refractivity contribution >= 4 is 23.3 Å². The monoisotopic (exact) mass is 454 g/mol. The maximum atomic E-state index is 12.6. The summed E-state index contributed by atoms with van der Waals surface area (Å²) in [7, 11) is 0. The van der Waals surface area contributed by atoms with Crippen LogP contribution >= 0.6 is 0 Å². The smallest absolute Gasteiger partial charge is 0.407 e. The number of fused-ring (bicyclic) bond motifs is 1. The van der Waals surface area contributed by atoms with Gasteiger partial charge in [-0.15, -0.1) is 0 Å². The minimum absolute atomic E-state index is 0.185. The molecule has 0 aromatic heterocycles. The number of nitrogens with one attached hydrogen (secondary N) is 1. The van der Waals surface area contributed by atoms with Crippen molar-refractivity contribution < 1.29 is 14.3 Å². The molecule has 1 N–H and O–H groups in total. The van der Waals surface area contributed by atoms with Gasteiger partial charge in [0.2, 0.25) is 0 Å². The van der Waals surface area contributed by atoms with Crippen molar-refractivity contribution in [3.05, 3.63) is 100 Å². The van der Waals surface area contributed by atoms with E-state index >= 15 is 0 Å². The number of alkyl carbamates (subject to hydrolysis) is 1. The van der Waals surface area contributed by atoms with Gasteiger partial charge in [-0.3, -0.25) is 9.79 Å². The number of benzene rings is 3. The molecule has 5 heteroatoms. The Bertz CT molecular complexity index is 1220. The van der Waals surface area contributed by atoms with E-state index in [1.54, 1.807) is 0 Å². The lowest BCUT2D eigenvalue weighted by Gasteiger charge is -2.09. The van der Waals surface area contributed by atoms with E-state index in [0.29, 0.717) is 19.4 Å². The Morgan fingerprint density at radius 1 is 0.941 bits per heavy atom. The Balaban J connectivity index is 1.34. The maximum Gasteiger partial charge on any atom is 0.407 e. The third-order valence-corrected chi connectivity index (χ3v) is 6.09. The molecule has 0 radical (unpaired) electrons. The summed E-state index contributed by atoms with van der Waals surface area (Å²) in [5, 5.41) is 2.81. The zero-order chi connectivity index (χ0) is 23.9. The standard InChI is InChI=1S/C29H30N2O3/c1-20-14-25-17-26(32)18-28(31-27(25)15-21(20)2)24-12-6-10-22(16-24)11-7-13-30-29(33)34-19-23-8-4-3-5-9-23/h3-6,8-10,12,14-16H,7,11,13,17-19H2,1-2H3,(H,30,33). The Morgan fingerprint density at radius 3 is 2.53 bits per heavy atom. The summed E-state index contributed by atoms with van der Waals surface area (Å²) in [4.78, 5) is 29.4. The fraction of sp³-hybridized carbons (Fsp3) is 0.276. The van der Waals surface area contributed by atoms with Crippen molar-refractivity contribution in [1.29, 1.82) is 0 Å². The predicted molar refractivity (Wildman–Crippen MR) is 135 cm³/mol. The Kier molecular flexibility index (Phi) is 7.53. The first kappa shape index (κ1) is 23.4. The number of aliphatic imine (C=N–C) groups is 1. The highest BCUT2D eigenvalue weighted by molar-refractivity contribution is 6.13. The molecular formula is C29H30N2O3. The summed E-state index contributed by atoms with van der Waals surface area (Å²) in [5.41, 5.74) is 8.17. The van der Waals surface area contributed by atoms with E-state index in [-0.39, 0.29) is 12.4 Å². The average Bonchev–Trinajstić information content (AvgIpc) is 2.99. The van der Waals surface area contributed by atoms with Gasteiger partial charge in [-0.05, 0) is 72.2 Å². The van der Waals surface area contributed by atoms with Gasteiger partial charge in [-0.2, -0.15) is 0 Å². The molecule has 1 aliphatic rings. The van der Waals surface area contributed by atoms with Gasteiger partial charge in [-0.25, -0.2) is 4.79 Å². The lowest BCUT2D eigenvalue weighted by molar-refractivity contribution is -0.117. The fourth-order valence-electron chi connectivity index (χ4n) is 4.08. The van der Waals surface area contributed by atoms with Gasteiger partial charge < -0.3 is 10.1 Å². The molecule has 3 aromatic carbocycles. The third kappa shape index (κ3) is 6.19. The van der Waals surface area contributed by atoms with Crippen LogP contribution in [0.2, 0.25) is 0 Å². The second kappa shape index (κ2) is 10.9. The first-order chi connectivity index (χ1) is 16.5. The van der Waals surface area contributed by atoms with Crippen LogP contribution < -0.4 is 5.32 Å². The van der Waals surface area contributed by atoms with Crippen molar-refractivity contribution in [2.24, 2.45) is 4.99 Å². The molecule has 0 aliphatic carbocycles. The van der Waals surface area contributed by atoms with Gasteiger partial charge in [0, 0.05) is 19.4 Å². The van der Waals surface area contributed by atoms with Crippen LogP contribution in [0.25, 0.3) is 0 Å². The van der Waals surface area contributed by atoms with Crippen molar-refractivity contribution in [3.63, 3.8) is 0 Å². The zero-order valence-corrected chi connectivity index (χ0v) is 19.8. The van der Waals surface area contributed by atoms with E-state index in [0.717, 1.165) is 46.5 Å². The number of aryl methyl sites for hydroxylation is 3. The molecular weight excluding hydrogens is 424 g/mol. The highest BCUT2D eigenvalue weighted by Crippen LogP contribution is 2.29. The van der Waals surface area contributed by atoms with Crippen LogP contribution in [0.15, 0.2) is 71.7 Å². The Morgan fingerprint density at radius 2 is 1.71 bits per heavy atom. The predicted octanol–water partition coefficient (Wildman–Crippen LogP) is 5.80. The van der Waals surface area contributed by atoms with E-state index in [4.69, 9.17) is 9.73 Å². The van der Waals surface area contributed by atoms with Crippen molar-refractivity contribution in [2.45, 2.75) is 46.1 Å². The number of carbonyl (C=O) groups excluding carboxylic acids is 2. The summed E-state index contributed by atoms with van der Waals surface area (Å²) in [6.07, 6.45) is 1.95. The molecule has 0 fully saturated rings. The van der Waals surface area contributed by atoms with Gasteiger partial charge in [0.1, 0.15) is 12.4 Å². The molecule has 4 rings (SSSR count). The van der Waals surface area contributed by atoms with Gasteiger partial charge in [0.15, 0.2) is 0 Å². The van der Waals surface area contributed by atoms with Crippen molar-refractivity contribution in [2.75, 3.05) is 6.54 Å². The van der Waals surface area contributed by atoms with E-state index in [1.807, 2.05) is 42.5 Å². The highest BCUT2D eigenvalue weighted by atomic mass is 16.5. The van der Waals surface area contributed by atoms with E-state index in [1.165, 1.54) is 11.1 Å². The molecule has 1 heterocycles. The lowest BCUT2D eigenvalue weighted by atomic mass is 9.98. The van der Waals surface area contributed by atoms with Crippen LogP contribution in [-0.2, 0) is 29.0 Å². The first-order valence-electron chi connectivity index (χ1n) is 11.7. The van der Waals surface area contributed by atoms with Gasteiger partial charge in [0.05, 0.1) is 11.4 Å². The van der Waals surface area contributed by atoms with E-state index in [9.17, 15) is 9.59 Å². The van der Waals surface area contributed by atoms with Crippen molar-refractivity contribution in [1.82, 2.24) is 5.32 Å². The average molecular weight is 455 g/mol. The van der Waals surface area contributed by atoms with Crippen LogP contribution in [0.3, 0.4) is 0 Å². The molecule has 0 spiro atoms. The maximum absolute atomic E-state index is 12.6. The summed E-state index contributed by atoms with van der Waals surface area (Å²) < 4.78 is 5.25. The molecule has 1 amide bonds. The van der Waals surface area contributed by atoms with Crippen LogP contribution in [0.1, 0.15) is 46.2 Å². The van der Waals surface area contributed by atoms with Gasteiger partial charge in [-0.1, -0.05) is 54.6 Å². The number of amides is 1. The summed E-state index contributed by atoms with van der Waals surface area (Å²) in [5.74, 6) is 0.185. The third-order valence-electron chi connectivity index (χ3n) is 6.09. The summed E-state index contributed by atoms with van der Waals surface area (Å²) >= 11 is 0.